The second kappa shape index (κ2) is 15.4. The van der Waals surface area contributed by atoms with E-state index in [1.165, 1.54) is 0 Å². The predicted octanol–water partition coefficient (Wildman–Crippen LogP) is 5.45. The minimum absolute atomic E-state index is 0.0529. The van der Waals surface area contributed by atoms with Crippen LogP contribution in [0.2, 0.25) is 0 Å². The monoisotopic (exact) mass is 556 g/mol. The molecule has 0 saturated heterocycles. The Morgan fingerprint density at radius 3 is 2.02 bits per heavy atom. The van der Waals surface area contributed by atoms with E-state index in [1.54, 1.807) is 65.3 Å². The fraction of sp³-hybridized carbons (Fsp3) is 0.433. The van der Waals surface area contributed by atoms with Gasteiger partial charge in [0, 0.05) is 6.07 Å². The van der Waals surface area contributed by atoms with E-state index in [1.807, 2.05) is 38.1 Å². The van der Waals surface area contributed by atoms with E-state index >= 15 is 0 Å². The Kier molecular flexibility index (Phi) is 12.3. The van der Waals surface area contributed by atoms with Gasteiger partial charge in [-0.15, -0.1) is 0 Å². The first-order valence-electron chi connectivity index (χ1n) is 13.0. The summed E-state index contributed by atoms with van der Waals surface area (Å²) >= 11 is 0. The molecule has 10 heteroatoms. The van der Waals surface area contributed by atoms with Crippen LogP contribution in [-0.4, -0.2) is 57.2 Å². The van der Waals surface area contributed by atoms with Gasteiger partial charge in [-0.1, -0.05) is 38.1 Å². The number of benzene rings is 2. The smallest absolute Gasteiger partial charge is 0.497 e. The average Bonchev–Trinajstić information content (AvgIpc) is 2.88. The lowest BCUT2D eigenvalue weighted by Crippen LogP contribution is -2.49. The molecule has 0 spiro atoms. The molecule has 0 aliphatic heterocycles. The molecule has 0 fully saturated rings. The van der Waals surface area contributed by atoms with Crippen molar-refractivity contribution in [2.45, 2.75) is 52.7 Å². The van der Waals surface area contributed by atoms with Crippen LogP contribution >= 0.6 is 0 Å². The van der Waals surface area contributed by atoms with Crippen molar-refractivity contribution in [3.8, 4) is 17.2 Å². The van der Waals surface area contributed by atoms with Crippen molar-refractivity contribution in [2.24, 2.45) is 5.92 Å². The highest BCUT2D eigenvalue weighted by Crippen LogP contribution is 2.24. The van der Waals surface area contributed by atoms with E-state index in [4.69, 9.17) is 23.7 Å². The van der Waals surface area contributed by atoms with Gasteiger partial charge >= 0.3 is 12.2 Å². The van der Waals surface area contributed by atoms with Crippen molar-refractivity contribution in [2.75, 3.05) is 27.4 Å². The van der Waals surface area contributed by atoms with Gasteiger partial charge in [0.25, 0.3) is 0 Å². The normalized spacial score (nSPS) is 12.0. The maximum absolute atomic E-state index is 12.6. The number of ether oxygens (including phenoxy) is 5. The molecule has 218 valence electrons. The number of nitrogens with one attached hydrogen (secondary N) is 2. The molecule has 0 aliphatic rings. The molecule has 0 bridgehead atoms. The Morgan fingerprint density at radius 1 is 0.875 bits per heavy atom. The van der Waals surface area contributed by atoms with Gasteiger partial charge in [-0.05, 0) is 68.5 Å². The van der Waals surface area contributed by atoms with Crippen LogP contribution in [0.5, 0.6) is 17.2 Å². The fourth-order valence-corrected chi connectivity index (χ4v) is 3.48. The molecule has 2 aromatic rings. The standard InChI is InChI=1S/C30H40N2O8/c1-20(2)16-26(32-28(34)40-30(3,4)5)27(33)31-14-15-38-29(35)39-23-12-10-21(11-13-23)8-9-22-17-24(36-6)19-25(18-22)37-7/h8-13,17-20,26H,14-16H2,1-7H3,(H,31,33)(H,32,34). The molecule has 0 heterocycles. The van der Waals surface area contributed by atoms with Gasteiger partial charge < -0.3 is 34.3 Å². The van der Waals surface area contributed by atoms with Gasteiger partial charge in [-0.3, -0.25) is 4.79 Å². The molecule has 0 saturated carbocycles. The summed E-state index contributed by atoms with van der Waals surface area (Å²) in [6.45, 7) is 9.07. The summed E-state index contributed by atoms with van der Waals surface area (Å²) in [6, 6.07) is 11.7. The van der Waals surface area contributed by atoms with Crippen molar-refractivity contribution in [3.63, 3.8) is 0 Å². The Bertz CT molecular complexity index is 1130. The van der Waals surface area contributed by atoms with E-state index in [0.717, 1.165) is 11.1 Å². The minimum atomic E-state index is -0.897. The van der Waals surface area contributed by atoms with Crippen LogP contribution in [0.15, 0.2) is 42.5 Å². The SMILES string of the molecule is COc1cc(C=Cc2ccc(OC(=O)OCCNC(=O)C(CC(C)C)NC(=O)OC(C)(C)C)cc2)cc(OC)c1. The van der Waals surface area contributed by atoms with Gasteiger partial charge in [-0.25, -0.2) is 9.59 Å². The third-order valence-electron chi connectivity index (χ3n) is 5.26. The molecule has 0 aliphatic carbocycles. The first kappa shape index (κ1) is 32.0. The Hall–Kier alpha value is -4.21. The number of methoxy groups -OCH3 is 2. The molecule has 2 aromatic carbocycles. The largest absolute Gasteiger partial charge is 0.513 e. The quantitative estimate of drug-likeness (QED) is 0.153. The maximum Gasteiger partial charge on any atom is 0.513 e. The third kappa shape index (κ3) is 12.1. The summed E-state index contributed by atoms with van der Waals surface area (Å²) in [7, 11) is 3.19. The second-order valence-electron chi connectivity index (χ2n) is 10.4. The molecule has 10 nitrogen and oxygen atoms in total. The molecule has 1 unspecified atom stereocenters. The third-order valence-corrected chi connectivity index (χ3v) is 5.26. The molecule has 2 rings (SSSR count). The number of amides is 2. The average molecular weight is 557 g/mol. The van der Waals surface area contributed by atoms with Crippen molar-refractivity contribution in [1.29, 1.82) is 0 Å². The predicted molar refractivity (Wildman–Crippen MR) is 153 cm³/mol. The Morgan fingerprint density at radius 2 is 1.48 bits per heavy atom. The lowest BCUT2D eigenvalue weighted by molar-refractivity contribution is -0.123. The van der Waals surface area contributed by atoms with E-state index in [0.29, 0.717) is 23.7 Å². The molecule has 0 radical (unpaired) electrons. The first-order valence-corrected chi connectivity index (χ1v) is 13.0. The van der Waals surface area contributed by atoms with Gasteiger partial charge in [0.1, 0.15) is 35.5 Å². The maximum atomic E-state index is 12.6. The summed E-state index contributed by atoms with van der Waals surface area (Å²) in [5, 5.41) is 5.26. The fourth-order valence-electron chi connectivity index (χ4n) is 3.48. The Balaban J connectivity index is 1.81. The van der Waals surface area contributed by atoms with E-state index in [9.17, 15) is 14.4 Å². The van der Waals surface area contributed by atoms with Crippen LogP contribution in [0.25, 0.3) is 12.2 Å². The number of carbonyl (C=O) groups is 3. The van der Waals surface area contributed by atoms with Crippen LogP contribution in [0.1, 0.15) is 52.2 Å². The van der Waals surface area contributed by atoms with Crippen LogP contribution in [0.3, 0.4) is 0 Å². The molecular weight excluding hydrogens is 516 g/mol. The Labute approximate surface area is 236 Å². The van der Waals surface area contributed by atoms with Gasteiger partial charge in [0.2, 0.25) is 5.91 Å². The van der Waals surface area contributed by atoms with Gasteiger partial charge in [0.05, 0.1) is 20.8 Å². The topological polar surface area (TPSA) is 121 Å². The van der Waals surface area contributed by atoms with Gasteiger partial charge in [-0.2, -0.15) is 0 Å². The molecular formula is C30H40N2O8. The lowest BCUT2D eigenvalue weighted by atomic mass is 10.0. The molecule has 0 aromatic heterocycles. The highest BCUT2D eigenvalue weighted by atomic mass is 16.7. The molecule has 2 N–H and O–H groups in total. The minimum Gasteiger partial charge on any atom is -0.497 e. The zero-order chi connectivity index (χ0) is 29.7. The summed E-state index contributed by atoms with van der Waals surface area (Å²) in [6.07, 6.45) is 2.68. The van der Waals surface area contributed by atoms with Crippen molar-refractivity contribution in [1.82, 2.24) is 10.6 Å². The summed E-state index contributed by atoms with van der Waals surface area (Å²) in [5.74, 6) is 1.45. The number of rotatable bonds is 12. The van der Waals surface area contributed by atoms with Crippen molar-refractivity contribution >= 4 is 30.3 Å². The number of hydrogen-bond donors (Lipinski definition) is 2. The molecule has 40 heavy (non-hydrogen) atoms. The zero-order valence-electron chi connectivity index (χ0n) is 24.2. The van der Waals surface area contributed by atoms with Crippen molar-refractivity contribution < 1.29 is 38.1 Å². The molecule has 2 amide bonds. The molecule has 1 atom stereocenters. The summed E-state index contributed by atoms with van der Waals surface area (Å²) < 4.78 is 26.1. The number of alkyl carbamates (subject to hydrolysis) is 1. The van der Waals surface area contributed by atoms with E-state index in [-0.39, 0.29) is 19.1 Å². The lowest BCUT2D eigenvalue weighted by Gasteiger charge is -2.24. The summed E-state index contributed by atoms with van der Waals surface area (Å²) in [5.41, 5.74) is 1.11. The van der Waals surface area contributed by atoms with Crippen LogP contribution in [-0.2, 0) is 14.3 Å². The first-order chi connectivity index (χ1) is 18.9. The van der Waals surface area contributed by atoms with E-state index < -0.39 is 29.8 Å². The van der Waals surface area contributed by atoms with E-state index in [2.05, 4.69) is 10.6 Å². The zero-order valence-corrected chi connectivity index (χ0v) is 24.2. The van der Waals surface area contributed by atoms with Crippen LogP contribution < -0.4 is 24.8 Å². The number of carbonyl (C=O) groups excluding carboxylic acids is 3. The highest BCUT2D eigenvalue weighted by molar-refractivity contribution is 5.85. The van der Waals surface area contributed by atoms with Crippen molar-refractivity contribution in [3.05, 3.63) is 53.6 Å². The van der Waals surface area contributed by atoms with Crippen LogP contribution in [0, 0.1) is 5.92 Å². The van der Waals surface area contributed by atoms with Gasteiger partial charge in [0.15, 0.2) is 0 Å². The second-order valence-corrected chi connectivity index (χ2v) is 10.4. The highest BCUT2D eigenvalue weighted by Gasteiger charge is 2.25. The summed E-state index contributed by atoms with van der Waals surface area (Å²) in [4.78, 5) is 36.8. The van der Waals surface area contributed by atoms with Crippen LogP contribution in [0.4, 0.5) is 9.59 Å². The number of hydrogen-bond acceptors (Lipinski definition) is 8.